The number of hydrogen-bond acceptors (Lipinski definition) is 4. The summed E-state index contributed by atoms with van der Waals surface area (Å²) in [7, 11) is -3.40. The molecule has 7 heteroatoms. The molecule has 2 aromatic heterocycles. The van der Waals surface area contributed by atoms with Crippen LogP contribution in [0.25, 0.3) is 22.2 Å². The van der Waals surface area contributed by atoms with E-state index in [2.05, 4.69) is 28.2 Å². The van der Waals surface area contributed by atoms with Crippen LogP contribution in [-0.4, -0.2) is 37.1 Å². The maximum absolute atomic E-state index is 13.5. The molecule has 0 atom stereocenters. The summed E-state index contributed by atoms with van der Waals surface area (Å²) in [6.45, 7) is 6.51. The second kappa shape index (κ2) is 10.0. The molecule has 0 spiro atoms. The second-order valence-electron chi connectivity index (χ2n) is 9.05. The fraction of sp³-hybridized carbons (Fsp3) is 0.286. The molecule has 2 aromatic carbocycles. The van der Waals surface area contributed by atoms with Crippen molar-refractivity contribution in [2.75, 3.05) is 17.7 Å². The molecule has 182 valence electrons. The average molecular weight is 490 g/mol. The van der Waals surface area contributed by atoms with Gasteiger partial charge in [0, 0.05) is 48.1 Å². The van der Waals surface area contributed by atoms with Crippen molar-refractivity contribution in [2.45, 2.75) is 44.9 Å². The van der Waals surface area contributed by atoms with E-state index in [0.29, 0.717) is 13.0 Å². The quantitative estimate of drug-likeness (QED) is 0.348. The molecule has 0 saturated carbocycles. The van der Waals surface area contributed by atoms with E-state index in [4.69, 9.17) is 0 Å². The van der Waals surface area contributed by atoms with Crippen molar-refractivity contribution in [1.29, 1.82) is 0 Å². The largest absolute Gasteiger partial charge is 0.353 e. The summed E-state index contributed by atoms with van der Waals surface area (Å²) in [6, 6.07) is 15.3. The lowest BCUT2D eigenvalue weighted by atomic mass is 10.0. The van der Waals surface area contributed by atoms with Crippen LogP contribution >= 0.6 is 0 Å². The zero-order valence-electron chi connectivity index (χ0n) is 20.6. The minimum atomic E-state index is -3.40. The van der Waals surface area contributed by atoms with Gasteiger partial charge in [0.2, 0.25) is 5.91 Å². The maximum Gasteiger partial charge on any atom is 0.227 e. The van der Waals surface area contributed by atoms with Crippen LogP contribution in [0, 0.1) is 13.8 Å². The third-order valence-corrected chi connectivity index (χ3v) is 7.28. The van der Waals surface area contributed by atoms with Crippen LogP contribution in [0.4, 0.5) is 5.69 Å². The standard InChI is InChI=1S/C28H31N3O3S/c1-5-31(26(32)8-6-7-21-11-13-29-14-12-21)28-24-18-23(35(4,33)34)9-10-25(24)30-27(28)22-16-19(2)15-20(3)17-22/h9-18,30H,5-8H2,1-4H3. The van der Waals surface area contributed by atoms with Gasteiger partial charge in [0.25, 0.3) is 0 Å². The summed E-state index contributed by atoms with van der Waals surface area (Å²) in [6.07, 6.45) is 6.62. The van der Waals surface area contributed by atoms with Gasteiger partial charge in [0.15, 0.2) is 9.84 Å². The fourth-order valence-corrected chi connectivity index (χ4v) is 5.23. The molecule has 0 radical (unpaired) electrons. The minimum Gasteiger partial charge on any atom is -0.353 e. The highest BCUT2D eigenvalue weighted by molar-refractivity contribution is 7.90. The zero-order chi connectivity index (χ0) is 25.2. The van der Waals surface area contributed by atoms with Gasteiger partial charge in [0.1, 0.15) is 0 Å². The molecule has 2 heterocycles. The Kier molecular flexibility index (Phi) is 7.08. The number of sulfone groups is 1. The molecule has 0 unspecified atom stereocenters. The van der Waals surface area contributed by atoms with Crippen LogP contribution < -0.4 is 4.90 Å². The van der Waals surface area contributed by atoms with Crippen LogP contribution in [0.3, 0.4) is 0 Å². The Balaban J connectivity index is 1.79. The zero-order valence-corrected chi connectivity index (χ0v) is 21.4. The number of H-pyrrole nitrogens is 1. The molecular formula is C28H31N3O3S. The molecule has 35 heavy (non-hydrogen) atoms. The molecule has 1 amide bonds. The number of aryl methyl sites for hydroxylation is 3. The first-order valence-corrected chi connectivity index (χ1v) is 13.7. The lowest BCUT2D eigenvalue weighted by molar-refractivity contribution is -0.118. The number of fused-ring (bicyclic) bond motifs is 1. The summed E-state index contributed by atoms with van der Waals surface area (Å²) >= 11 is 0. The Morgan fingerprint density at radius 1 is 1.00 bits per heavy atom. The number of benzene rings is 2. The Morgan fingerprint density at radius 2 is 1.69 bits per heavy atom. The van der Waals surface area contributed by atoms with Gasteiger partial charge < -0.3 is 9.88 Å². The van der Waals surface area contributed by atoms with E-state index < -0.39 is 9.84 Å². The van der Waals surface area contributed by atoms with E-state index in [1.807, 2.05) is 32.9 Å². The lowest BCUT2D eigenvalue weighted by Crippen LogP contribution is -2.30. The van der Waals surface area contributed by atoms with Crippen molar-refractivity contribution < 1.29 is 13.2 Å². The molecular weight excluding hydrogens is 458 g/mol. The van der Waals surface area contributed by atoms with Gasteiger partial charge in [-0.2, -0.15) is 0 Å². The Bertz CT molecular complexity index is 1450. The highest BCUT2D eigenvalue weighted by atomic mass is 32.2. The third-order valence-electron chi connectivity index (χ3n) is 6.17. The van der Waals surface area contributed by atoms with Gasteiger partial charge in [-0.05, 0) is 81.6 Å². The average Bonchev–Trinajstić information content (AvgIpc) is 3.18. The van der Waals surface area contributed by atoms with Crippen LogP contribution in [0.5, 0.6) is 0 Å². The van der Waals surface area contributed by atoms with E-state index in [1.54, 1.807) is 35.5 Å². The second-order valence-corrected chi connectivity index (χ2v) is 11.1. The van der Waals surface area contributed by atoms with Crippen molar-refractivity contribution in [1.82, 2.24) is 9.97 Å². The maximum atomic E-state index is 13.5. The number of rotatable bonds is 8. The van der Waals surface area contributed by atoms with Crippen molar-refractivity contribution >= 4 is 32.3 Å². The van der Waals surface area contributed by atoms with Gasteiger partial charge in [-0.15, -0.1) is 0 Å². The number of hydrogen-bond donors (Lipinski definition) is 1. The third kappa shape index (κ3) is 5.46. The van der Waals surface area contributed by atoms with Gasteiger partial charge in [-0.25, -0.2) is 8.42 Å². The summed E-state index contributed by atoms with van der Waals surface area (Å²) in [5.41, 5.74) is 6.70. The number of anilines is 1. The monoisotopic (exact) mass is 489 g/mol. The van der Waals surface area contributed by atoms with Gasteiger partial charge in [0.05, 0.1) is 16.3 Å². The highest BCUT2D eigenvalue weighted by Crippen LogP contribution is 2.39. The topological polar surface area (TPSA) is 83.1 Å². The number of amides is 1. The number of carbonyl (C=O) groups excluding carboxylic acids is 1. The molecule has 4 aromatic rings. The molecule has 4 rings (SSSR count). The molecule has 0 aliphatic rings. The van der Waals surface area contributed by atoms with Crippen LogP contribution in [-0.2, 0) is 21.1 Å². The number of nitrogens with zero attached hydrogens (tertiary/aromatic N) is 2. The predicted octanol–water partition coefficient (Wildman–Crippen LogP) is 5.63. The Labute approximate surface area is 206 Å². The highest BCUT2D eigenvalue weighted by Gasteiger charge is 2.24. The summed E-state index contributed by atoms with van der Waals surface area (Å²) in [4.78, 5) is 23.0. The molecule has 0 fully saturated rings. The van der Waals surface area contributed by atoms with Crippen LogP contribution in [0.15, 0.2) is 65.8 Å². The van der Waals surface area contributed by atoms with E-state index in [9.17, 15) is 13.2 Å². The van der Waals surface area contributed by atoms with Crippen molar-refractivity contribution in [3.8, 4) is 11.3 Å². The predicted molar refractivity (Wildman–Crippen MR) is 142 cm³/mol. The normalized spacial score (nSPS) is 11.7. The number of nitrogens with one attached hydrogen (secondary N) is 1. The number of pyridine rings is 1. The van der Waals surface area contributed by atoms with E-state index in [1.165, 1.54) is 6.26 Å². The molecule has 0 aliphatic carbocycles. The van der Waals surface area contributed by atoms with Crippen molar-refractivity contribution in [3.63, 3.8) is 0 Å². The van der Waals surface area contributed by atoms with E-state index in [0.717, 1.165) is 57.4 Å². The van der Waals surface area contributed by atoms with Gasteiger partial charge in [-0.3, -0.25) is 9.78 Å². The molecule has 0 saturated heterocycles. The van der Waals surface area contributed by atoms with Crippen LogP contribution in [0.2, 0.25) is 0 Å². The number of carbonyl (C=O) groups is 1. The number of aromatic amines is 1. The number of aromatic nitrogens is 2. The molecule has 6 nitrogen and oxygen atoms in total. The Morgan fingerprint density at radius 3 is 2.31 bits per heavy atom. The van der Waals surface area contributed by atoms with Crippen molar-refractivity contribution in [2.24, 2.45) is 0 Å². The van der Waals surface area contributed by atoms with Gasteiger partial charge in [-0.1, -0.05) is 17.2 Å². The fourth-order valence-electron chi connectivity index (χ4n) is 4.58. The SMILES string of the molecule is CCN(C(=O)CCCc1ccncc1)c1c(-c2cc(C)cc(C)c2)[nH]c2ccc(S(C)(=O)=O)cc12. The molecule has 0 aliphatic heterocycles. The summed E-state index contributed by atoms with van der Waals surface area (Å²) in [5, 5.41) is 0.728. The van der Waals surface area contributed by atoms with Gasteiger partial charge >= 0.3 is 0 Å². The van der Waals surface area contributed by atoms with E-state index >= 15 is 0 Å². The first-order chi connectivity index (χ1) is 16.7. The first kappa shape index (κ1) is 24.7. The van der Waals surface area contributed by atoms with Crippen molar-refractivity contribution in [3.05, 3.63) is 77.6 Å². The van der Waals surface area contributed by atoms with Crippen LogP contribution in [0.1, 0.15) is 36.5 Å². The first-order valence-electron chi connectivity index (χ1n) is 11.8. The smallest absolute Gasteiger partial charge is 0.227 e. The summed E-state index contributed by atoms with van der Waals surface area (Å²) in [5.74, 6) is 0.0119. The lowest BCUT2D eigenvalue weighted by Gasteiger charge is -2.23. The molecule has 0 bridgehead atoms. The van der Waals surface area contributed by atoms with E-state index in [-0.39, 0.29) is 10.8 Å². The minimum absolute atomic E-state index is 0.0119. The molecule has 1 N–H and O–H groups in total. The Hall–Kier alpha value is -3.45. The summed E-state index contributed by atoms with van der Waals surface area (Å²) < 4.78 is 24.6.